The molecule has 1 aliphatic rings. The summed E-state index contributed by atoms with van der Waals surface area (Å²) in [5.41, 5.74) is 4.19. The van der Waals surface area contributed by atoms with Crippen LogP contribution in [0.3, 0.4) is 0 Å². The maximum absolute atomic E-state index is 12.5. The van der Waals surface area contributed by atoms with Crippen molar-refractivity contribution in [2.24, 2.45) is 0 Å². The number of halogens is 2. The van der Waals surface area contributed by atoms with Gasteiger partial charge in [-0.1, -0.05) is 17.7 Å². The summed E-state index contributed by atoms with van der Waals surface area (Å²) in [6, 6.07) is 11.5. The van der Waals surface area contributed by atoms with Crippen molar-refractivity contribution in [2.45, 2.75) is 25.7 Å². The third-order valence-corrected chi connectivity index (χ3v) is 4.87. The minimum Gasteiger partial charge on any atom is -0.495 e. The van der Waals surface area contributed by atoms with Gasteiger partial charge in [-0.15, -0.1) is 11.6 Å². The number of anilines is 2. The Balaban J connectivity index is 2.04. The van der Waals surface area contributed by atoms with Crippen LogP contribution < -0.4 is 9.64 Å². The number of amides is 1. The van der Waals surface area contributed by atoms with Crippen molar-refractivity contribution in [3.05, 3.63) is 52.5 Å². The molecule has 126 valence electrons. The lowest BCUT2D eigenvalue weighted by atomic mass is 9.91. The molecule has 0 saturated heterocycles. The fourth-order valence-electron chi connectivity index (χ4n) is 3.15. The standard InChI is InChI=1S/C19H19Cl2NO2/c1-24-18-9-8-16(11-17(18)21)22(19(23)12-20)15-7-6-13-4-2-3-5-14(13)10-15/h6-11H,2-5,12H2,1H3. The largest absolute Gasteiger partial charge is 0.495 e. The monoisotopic (exact) mass is 363 g/mol. The molecular weight excluding hydrogens is 345 g/mol. The van der Waals surface area contributed by atoms with E-state index in [0.717, 1.165) is 18.5 Å². The number of alkyl halides is 1. The number of fused-ring (bicyclic) bond motifs is 1. The number of rotatable bonds is 4. The van der Waals surface area contributed by atoms with Crippen molar-refractivity contribution in [3.8, 4) is 5.75 Å². The Kier molecular flexibility index (Phi) is 5.32. The maximum Gasteiger partial charge on any atom is 0.246 e. The second kappa shape index (κ2) is 7.45. The zero-order chi connectivity index (χ0) is 17.1. The van der Waals surface area contributed by atoms with Crippen LogP contribution in [0, 0.1) is 0 Å². The van der Waals surface area contributed by atoms with Crippen LogP contribution in [0.1, 0.15) is 24.0 Å². The van der Waals surface area contributed by atoms with Crippen LogP contribution in [0.2, 0.25) is 5.02 Å². The molecular formula is C19H19Cl2NO2. The molecule has 2 aromatic rings. The highest BCUT2D eigenvalue weighted by Crippen LogP contribution is 2.34. The molecule has 0 aromatic heterocycles. The maximum atomic E-state index is 12.5. The Hall–Kier alpha value is -1.71. The third kappa shape index (κ3) is 3.38. The zero-order valence-corrected chi connectivity index (χ0v) is 15.0. The predicted octanol–water partition coefficient (Wildman–Crippen LogP) is 5.13. The van der Waals surface area contributed by atoms with Gasteiger partial charge in [0.2, 0.25) is 5.91 Å². The highest BCUT2D eigenvalue weighted by atomic mass is 35.5. The molecule has 0 fully saturated rings. The molecule has 2 aromatic carbocycles. The fraction of sp³-hybridized carbons (Fsp3) is 0.316. The molecule has 0 atom stereocenters. The molecule has 0 heterocycles. The molecule has 1 aliphatic carbocycles. The van der Waals surface area contributed by atoms with E-state index in [1.807, 2.05) is 12.1 Å². The Morgan fingerprint density at radius 3 is 2.42 bits per heavy atom. The van der Waals surface area contributed by atoms with Gasteiger partial charge in [0, 0.05) is 5.69 Å². The molecule has 0 N–H and O–H groups in total. The molecule has 3 nitrogen and oxygen atoms in total. The average molecular weight is 364 g/mol. The first-order chi connectivity index (χ1) is 11.6. The van der Waals surface area contributed by atoms with E-state index in [4.69, 9.17) is 27.9 Å². The molecule has 0 saturated carbocycles. The van der Waals surface area contributed by atoms with E-state index in [1.165, 1.54) is 24.0 Å². The summed E-state index contributed by atoms with van der Waals surface area (Å²) in [5, 5.41) is 0.459. The lowest BCUT2D eigenvalue weighted by Gasteiger charge is -2.25. The number of hydrogen-bond donors (Lipinski definition) is 0. The minimum absolute atomic E-state index is 0.0965. The number of benzene rings is 2. The van der Waals surface area contributed by atoms with Gasteiger partial charge in [-0.3, -0.25) is 9.69 Å². The van der Waals surface area contributed by atoms with Crippen LogP contribution in [0.25, 0.3) is 0 Å². The van der Waals surface area contributed by atoms with Gasteiger partial charge in [0.15, 0.2) is 0 Å². The number of nitrogens with zero attached hydrogens (tertiary/aromatic N) is 1. The Morgan fingerprint density at radius 2 is 1.75 bits per heavy atom. The van der Waals surface area contributed by atoms with E-state index >= 15 is 0 Å². The van der Waals surface area contributed by atoms with Gasteiger partial charge in [0.05, 0.1) is 17.8 Å². The molecule has 1 amide bonds. The Morgan fingerprint density at radius 1 is 1.08 bits per heavy atom. The van der Waals surface area contributed by atoms with Gasteiger partial charge in [0.25, 0.3) is 0 Å². The zero-order valence-electron chi connectivity index (χ0n) is 13.5. The predicted molar refractivity (Wildman–Crippen MR) is 99.0 cm³/mol. The molecule has 0 spiro atoms. The molecule has 3 rings (SSSR count). The molecule has 5 heteroatoms. The van der Waals surface area contributed by atoms with Crippen LogP contribution in [0.5, 0.6) is 5.75 Å². The van der Waals surface area contributed by atoms with Gasteiger partial charge in [-0.05, 0) is 67.1 Å². The summed E-state index contributed by atoms with van der Waals surface area (Å²) >= 11 is 12.1. The molecule has 0 aliphatic heterocycles. The normalized spacial score (nSPS) is 13.3. The van der Waals surface area contributed by atoms with Crippen molar-refractivity contribution in [1.29, 1.82) is 0 Å². The Labute approximate surface area is 152 Å². The van der Waals surface area contributed by atoms with Gasteiger partial charge in [-0.2, -0.15) is 0 Å². The van der Waals surface area contributed by atoms with Crippen LogP contribution in [-0.4, -0.2) is 18.9 Å². The highest BCUT2D eigenvalue weighted by molar-refractivity contribution is 6.33. The van der Waals surface area contributed by atoms with Crippen molar-refractivity contribution in [2.75, 3.05) is 17.9 Å². The van der Waals surface area contributed by atoms with Gasteiger partial charge in [0.1, 0.15) is 11.6 Å². The number of methoxy groups -OCH3 is 1. The first kappa shape index (κ1) is 17.1. The number of carbonyl (C=O) groups is 1. The summed E-state index contributed by atoms with van der Waals surface area (Å²) in [4.78, 5) is 14.1. The minimum atomic E-state index is -0.186. The summed E-state index contributed by atoms with van der Waals surface area (Å²) in [5.74, 6) is 0.290. The lowest BCUT2D eigenvalue weighted by molar-refractivity contribution is -0.115. The topological polar surface area (TPSA) is 29.5 Å². The number of hydrogen-bond acceptors (Lipinski definition) is 2. The van der Waals surface area contributed by atoms with E-state index in [2.05, 4.69) is 12.1 Å². The molecule has 0 unspecified atom stereocenters. The summed E-state index contributed by atoms with van der Waals surface area (Å²) in [6.07, 6.45) is 4.57. The van der Waals surface area contributed by atoms with Crippen molar-refractivity contribution >= 4 is 40.5 Å². The second-order valence-electron chi connectivity index (χ2n) is 5.84. The fourth-order valence-corrected chi connectivity index (χ4v) is 3.52. The third-order valence-electron chi connectivity index (χ3n) is 4.35. The molecule has 0 bridgehead atoms. The average Bonchev–Trinajstić information content (AvgIpc) is 2.62. The Bertz CT molecular complexity index is 761. The van der Waals surface area contributed by atoms with Crippen molar-refractivity contribution in [3.63, 3.8) is 0 Å². The van der Waals surface area contributed by atoms with E-state index in [9.17, 15) is 4.79 Å². The van der Waals surface area contributed by atoms with E-state index in [0.29, 0.717) is 16.5 Å². The highest BCUT2D eigenvalue weighted by Gasteiger charge is 2.20. The smallest absolute Gasteiger partial charge is 0.246 e. The first-order valence-corrected chi connectivity index (χ1v) is 8.89. The number of ether oxygens (including phenoxy) is 1. The van der Waals surface area contributed by atoms with Crippen LogP contribution in [0.15, 0.2) is 36.4 Å². The van der Waals surface area contributed by atoms with Gasteiger partial charge >= 0.3 is 0 Å². The number of aryl methyl sites for hydroxylation is 2. The van der Waals surface area contributed by atoms with Crippen molar-refractivity contribution in [1.82, 2.24) is 0 Å². The number of carbonyl (C=O) groups excluding carboxylic acids is 1. The van der Waals surface area contributed by atoms with Crippen LogP contribution >= 0.6 is 23.2 Å². The SMILES string of the molecule is COc1ccc(N(C(=O)CCl)c2ccc3c(c2)CCCC3)cc1Cl. The first-order valence-electron chi connectivity index (χ1n) is 7.98. The van der Waals surface area contributed by atoms with Crippen molar-refractivity contribution < 1.29 is 9.53 Å². The molecule has 24 heavy (non-hydrogen) atoms. The quantitative estimate of drug-likeness (QED) is 0.704. The second-order valence-corrected chi connectivity index (χ2v) is 6.52. The summed E-state index contributed by atoms with van der Waals surface area (Å²) < 4.78 is 5.19. The van der Waals surface area contributed by atoms with E-state index < -0.39 is 0 Å². The lowest BCUT2D eigenvalue weighted by Crippen LogP contribution is -2.27. The van der Waals surface area contributed by atoms with Gasteiger partial charge in [-0.25, -0.2) is 0 Å². The van der Waals surface area contributed by atoms with E-state index in [-0.39, 0.29) is 11.8 Å². The van der Waals surface area contributed by atoms with Crippen LogP contribution in [-0.2, 0) is 17.6 Å². The molecule has 0 radical (unpaired) electrons. The van der Waals surface area contributed by atoms with E-state index in [1.54, 1.807) is 24.1 Å². The summed E-state index contributed by atoms with van der Waals surface area (Å²) in [6.45, 7) is 0. The summed E-state index contributed by atoms with van der Waals surface area (Å²) in [7, 11) is 1.56. The van der Waals surface area contributed by atoms with Gasteiger partial charge < -0.3 is 4.74 Å². The van der Waals surface area contributed by atoms with Crippen LogP contribution in [0.4, 0.5) is 11.4 Å².